The van der Waals surface area contributed by atoms with E-state index < -0.39 is 4.92 Å². The Labute approximate surface area is 104 Å². The Kier molecular flexibility index (Phi) is 5.79. The highest BCUT2D eigenvalue weighted by atomic mass is 32.2. The van der Waals surface area contributed by atoms with Crippen molar-refractivity contribution in [3.8, 4) is 5.75 Å². The molecule has 0 spiro atoms. The minimum Gasteiger partial charge on any atom is -0.490 e. The summed E-state index contributed by atoms with van der Waals surface area (Å²) in [6, 6.07) is 5.05. The first kappa shape index (κ1) is 13.8. The second-order valence-corrected chi connectivity index (χ2v) is 4.56. The van der Waals surface area contributed by atoms with Crippen LogP contribution in [0.1, 0.15) is 12.0 Å². The lowest BCUT2D eigenvalue weighted by atomic mass is 10.2. The minimum atomic E-state index is -0.424. The lowest BCUT2D eigenvalue weighted by Crippen LogP contribution is -1.99. The van der Waals surface area contributed by atoms with Crippen LogP contribution in [0.4, 0.5) is 5.69 Å². The third kappa shape index (κ3) is 4.24. The Morgan fingerprint density at radius 2 is 2.29 bits per heavy atom. The molecule has 0 aromatic heterocycles. The Morgan fingerprint density at radius 3 is 2.88 bits per heavy atom. The molecule has 1 aromatic carbocycles. The van der Waals surface area contributed by atoms with Crippen LogP contribution in [0.15, 0.2) is 18.2 Å². The van der Waals surface area contributed by atoms with E-state index in [4.69, 9.17) is 10.5 Å². The summed E-state index contributed by atoms with van der Waals surface area (Å²) < 4.78 is 4.94. The number of nitro groups is 1. The van der Waals surface area contributed by atoms with Gasteiger partial charge in [-0.05, 0) is 30.3 Å². The zero-order valence-electron chi connectivity index (χ0n) is 9.72. The molecule has 0 fully saturated rings. The van der Waals surface area contributed by atoms with Crippen molar-refractivity contribution in [2.24, 2.45) is 5.73 Å². The zero-order valence-corrected chi connectivity index (χ0v) is 10.5. The van der Waals surface area contributed by atoms with Gasteiger partial charge in [0.25, 0.3) is 0 Å². The molecule has 0 atom stereocenters. The van der Waals surface area contributed by atoms with Gasteiger partial charge >= 0.3 is 5.69 Å². The maximum atomic E-state index is 10.8. The first-order valence-corrected chi connectivity index (χ1v) is 6.43. The third-order valence-electron chi connectivity index (χ3n) is 2.20. The molecule has 94 valence electrons. The maximum absolute atomic E-state index is 10.8. The quantitative estimate of drug-likeness (QED) is 0.459. The van der Waals surface area contributed by atoms with Crippen LogP contribution in [0.5, 0.6) is 5.75 Å². The lowest BCUT2D eigenvalue weighted by molar-refractivity contribution is -0.385. The highest BCUT2D eigenvalue weighted by molar-refractivity contribution is 7.98. The summed E-state index contributed by atoms with van der Waals surface area (Å²) in [7, 11) is 1.43. The molecule has 0 aliphatic rings. The van der Waals surface area contributed by atoms with Crippen LogP contribution >= 0.6 is 11.8 Å². The number of nitro benzene ring substituents is 1. The van der Waals surface area contributed by atoms with Crippen molar-refractivity contribution >= 4 is 17.4 Å². The number of methoxy groups -OCH3 is 1. The van der Waals surface area contributed by atoms with Crippen molar-refractivity contribution < 1.29 is 9.66 Å². The van der Waals surface area contributed by atoms with Gasteiger partial charge in [-0.15, -0.1) is 0 Å². The lowest BCUT2D eigenvalue weighted by Gasteiger charge is -2.04. The Balaban J connectivity index is 2.68. The van der Waals surface area contributed by atoms with E-state index in [0.29, 0.717) is 12.3 Å². The molecule has 0 amide bonds. The number of thioether (sulfide) groups is 1. The molecule has 0 saturated heterocycles. The van der Waals surface area contributed by atoms with Gasteiger partial charge in [-0.25, -0.2) is 0 Å². The standard InChI is InChI=1S/C11H16N2O3S/c1-16-11-4-3-9(7-10(11)13(14)15)8-17-6-2-5-12/h3-4,7H,2,5-6,8,12H2,1H3. The summed E-state index contributed by atoms with van der Waals surface area (Å²) in [6.45, 7) is 0.676. The van der Waals surface area contributed by atoms with E-state index in [9.17, 15) is 10.1 Å². The number of hydrogen-bond donors (Lipinski definition) is 1. The van der Waals surface area contributed by atoms with Crippen LogP contribution in [0, 0.1) is 10.1 Å². The van der Waals surface area contributed by atoms with Crippen molar-refractivity contribution in [3.05, 3.63) is 33.9 Å². The largest absolute Gasteiger partial charge is 0.490 e. The summed E-state index contributed by atoms with van der Waals surface area (Å²) in [6.07, 6.45) is 0.961. The first-order valence-electron chi connectivity index (χ1n) is 5.28. The normalized spacial score (nSPS) is 10.2. The smallest absolute Gasteiger partial charge is 0.311 e. The fraction of sp³-hybridized carbons (Fsp3) is 0.455. The van der Waals surface area contributed by atoms with Crippen LogP contribution in [0.3, 0.4) is 0 Å². The van der Waals surface area contributed by atoms with Gasteiger partial charge in [0.1, 0.15) is 0 Å². The van der Waals surface area contributed by atoms with Gasteiger partial charge in [0.15, 0.2) is 5.75 Å². The molecule has 17 heavy (non-hydrogen) atoms. The maximum Gasteiger partial charge on any atom is 0.311 e. The van der Waals surface area contributed by atoms with E-state index in [1.54, 1.807) is 23.9 Å². The Morgan fingerprint density at radius 1 is 1.53 bits per heavy atom. The van der Waals surface area contributed by atoms with Crippen molar-refractivity contribution in [1.82, 2.24) is 0 Å². The van der Waals surface area contributed by atoms with Gasteiger partial charge in [-0.2, -0.15) is 11.8 Å². The Bertz CT molecular complexity index is 385. The van der Waals surface area contributed by atoms with E-state index in [-0.39, 0.29) is 5.69 Å². The molecule has 1 aromatic rings. The van der Waals surface area contributed by atoms with Gasteiger partial charge in [-0.1, -0.05) is 6.07 Å². The van der Waals surface area contributed by atoms with Gasteiger partial charge in [0.05, 0.1) is 12.0 Å². The second-order valence-electron chi connectivity index (χ2n) is 3.46. The van der Waals surface area contributed by atoms with Gasteiger partial charge in [0.2, 0.25) is 0 Å². The highest BCUT2D eigenvalue weighted by Gasteiger charge is 2.14. The topological polar surface area (TPSA) is 78.4 Å². The van der Waals surface area contributed by atoms with Crippen molar-refractivity contribution in [2.45, 2.75) is 12.2 Å². The molecule has 0 saturated carbocycles. The third-order valence-corrected chi connectivity index (χ3v) is 3.32. The molecule has 0 aliphatic carbocycles. The van der Waals surface area contributed by atoms with E-state index in [2.05, 4.69) is 0 Å². The predicted molar refractivity (Wildman–Crippen MR) is 69.5 cm³/mol. The fourth-order valence-corrected chi connectivity index (χ4v) is 2.27. The molecule has 1 rings (SSSR count). The number of rotatable bonds is 7. The molecular weight excluding hydrogens is 240 g/mol. The monoisotopic (exact) mass is 256 g/mol. The molecular formula is C11H16N2O3S. The molecule has 0 aliphatic heterocycles. The number of nitrogens with two attached hydrogens (primary N) is 1. The van der Waals surface area contributed by atoms with Gasteiger partial charge in [-0.3, -0.25) is 10.1 Å². The first-order chi connectivity index (χ1) is 8.19. The van der Waals surface area contributed by atoms with Crippen molar-refractivity contribution in [3.63, 3.8) is 0 Å². The average Bonchev–Trinajstić information content (AvgIpc) is 2.34. The molecule has 6 heteroatoms. The number of benzene rings is 1. The van der Waals surface area contributed by atoms with Crippen LogP contribution in [-0.2, 0) is 5.75 Å². The van der Waals surface area contributed by atoms with Gasteiger partial charge < -0.3 is 10.5 Å². The zero-order chi connectivity index (χ0) is 12.7. The number of ether oxygens (including phenoxy) is 1. The molecule has 0 bridgehead atoms. The van der Waals surface area contributed by atoms with Crippen LogP contribution in [0.25, 0.3) is 0 Å². The Hall–Kier alpha value is -1.27. The van der Waals surface area contributed by atoms with Crippen LogP contribution in [0.2, 0.25) is 0 Å². The number of hydrogen-bond acceptors (Lipinski definition) is 5. The van der Waals surface area contributed by atoms with Gasteiger partial charge in [0, 0.05) is 11.8 Å². The SMILES string of the molecule is COc1ccc(CSCCCN)cc1[N+](=O)[O-]. The van der Waals surface area contributed by atoms with Crippen LogP contribution < -0.4 is 10.5 Å². The fourth-order valence-electron chi connectivity index (χ4n) is 1.34. The van der Waals surface area contributed by atoms with Crippen LogP contribution in [-0.4, -0.2) is 24.3 Å². The number of nitrogens with zero attached hydrogens (tertiary/aromatic N) is 1. The van der Waals surface area contributed by atoms with E-state index in [0.717, 1.165) is 23.5 Å². The molecule has 5 nitrogen and oxygen atoms in total. The summed E-state index contributed by atoms with van der Waals surface area (Å²) in [5.41, 5.74) is 6.34. The summed E-state index contributed by atoms with van der Waals surface area (Å²) in [4.78, 5) is 10.4. The van der Waals surface area contributed by atoms with E-state index in [1.807, 2.05) is 6.07 Å². The summed E-state index contributed by atoms with van der Waals surface area (Å²) in [5.74, 6) is 2.02. The molecule has 0 unspecified atom stereocenters. The average molecular weight is 256 g/mol. The molecule has 2 N–H and O–H groups in total. The highest BCUT2D eigenvalue weighted by Crippen LogP contribution is 2.28. The second kappa shape index (κ2) is 7.13. The summed E-state index contributed by atoms with van der Waals surface area (Å²) in [5, 5.41) is 10.8. The van der Waals surface area contributed by atoms with Crippen molar-refractivity contribution in [1.29, 1.82) is 0 Å². The van der Waals surface area contributed by atoms with E-state index >= 15 is 0 Å². The molecule has 0 radical (unpaired) electrons. The van der Waals surface area contributed by atoms with Crippen molar-refractivity contribution in [2.75, 3.05) is 19.4 Å². The molecule has 0 heterocycles. The van der Waals surface area contributed by atoms with E-state index in [1.165, 1.54) is 7.11 Å². The minimum absolute atomic E-state index is 0.0180. The predicted octanol–water partition coefficient (Wildman–Crippen LogP) is 2.19. The summed E-state index contributed by atoms with van der Waals surface area (Å²) >= 11 is 1.72.